The second kappa shape index (κ2) is 9.68. The van der Waals surface area contributed by atoms with Crippen LogP contribution in [0.25, 0.3) is 0 Å². The molecule has 0 saturated carbocycles. The van der Waals surface area contributed by atoms with Crippen LogP contribution in [-0.2, 0) is 9.59 Å². The predicted octanol–water partition coefficient (Wildman–Crippen LogP) is 2.30. The molecule has 7 nitrogen and oxygen atoms in total. The summed E-state index contributed by atoms with van der Waals surface area (Å²) in [5.74, 6) is -0.652. The molecule has 1 saturated heterocycles. The molecule has 2 rings (SSSR count). The fourth-order valence-electron chi connectivity index (χ4n) is 3.76. The van der Waals surface area contributed by atoms with Gasteiger partial charge in [-0.25, -0.2) is 4.79 Å². The average molecular weight is 389 g/mol. The number of nitrogens with one attached hydrogen (secondary N) is 2. The lowest BCUT2D eigenvalue weighted by molar-refractivity contribution is -0.135. The van der Waals surface area contributed by atoms with Crippen LogP contribution in [0.4, 0.5) is 4.79 Å². The molecule has 0 aliphatic carbocycles. The molecule has 1 aliphatic heterocycles. The van der Waals surface area contributed by atoms with Crippen LogP contribution in [-0.4, -0.2) is 59.4 Å². The highest BCUT2D eigenvalue weighted by atomic mass is 16.2. The number of amides is 4. The van der Waals surface area contributed by atoms with E-state index < -0.39 is 11.6 Å². The van der Waals surface area contributed by atoms with E-state index in [0.29, 0.717) is 19.4 Å². The van der Waals surface area contributed by atoms with Gasteiger partial charge in [0.2, 0.25) is 5.91 Å². The first-order valence-corrected chi connectivity index (χ1v) is 10.1. The van der Waals surface area contributed by atoms with Crippen LogP contribution >= 0.6 is 0 Å². The maximum absolute atomic E-state index is 12.7. The van der Waals surface area contributed by atoms with Crippen molar-refractivity contribution in [1.82, 2.24) is 20.4 Å². The molecular formula is C21H32N4O3. The van der Waals surface area contributed by atoms with Crippen molar-refractivity contribution in [1.29, 1.82) is 0 Å². The number of hydrogen-bond donors (Lipinski definition) is 2. The molecule has 0 aromatic heterocycles. The van der Waals surface area contributed by atoms with Gasteiger partial charge in [0.25, 0.3) is 5.91 Å². The smallest absolute Gasteiger partial charge is 0.325 e. The molecule has 1 atom stereocenters. The summed E-state index contributed by atoms with van der Waals surface area (Å²) >= 11 is 0. The quantitative estimate of drug-likeness (QED) is 0.603. The van der Waals surface area contributed by atoms with Gasteiger partial charge in [-0.05, 0) is 31.5 Å². The normalized spacial score (nSPS) is 17.0. The van der Waals surface area contributed by atoms with E-state index in [1.807, 2.05) is 44.2 Å². The van der Waals surface area contributed by atoms with Gasteiger partial charge in [-0.3, -0.25) is 19.4 Å². The van der Waals surface area contributed by atoms with E-state index in [4.69, 9.17) is 0 Å². The zero-order valence-corrected chi connectivity index (χ0v) is 17.3. The van der Waals surface area contributed by atoms with Crippen molar-refractivity contribution < 1.29 is 14.4 Å². The summed E-state index contributed by atoms with van der Waals surface area (Å²) in [5, 5.41) is 5.66. The number of rotatable bonds is 10. The molecule has 1 aromatic rings. The molecule has 1 fully saturated rings. The summed E-state index contributed by atoms with van der Waals surface area (Å²) in [6, 6.07) is 9.56. The second-order valence-corrected chi connectivity index (χ2v) is 7.06. The molecule has 1 unspecified atom stereocenters. The Morgan fingerprint density at radius 2 is 1.71 bits per heavy atom. The fraction of sp³-hybridized carbons (Fsp3) is 0.571. The van der Waals surface area contributed by atoms with E-state index in [9.17, 15) is 14.4 Å². The summed E-state index contributed by atoms with van der Waals surface area (Å²) in [6.45, 7) is 9.77. The van der Waals surface area contributed by atoms with Crippen molar-refractivity contribution in [3.8, 4) is 0 Å². The molecule has 1 heterocycles. The number of carbonyl (C=O) groups is 3. The lowest BCUT2D eigenvalue weighted by Gasteiger charge is -2.30. The molecule has 7 heteroatoms. The Bertz CT molecular complexity index is 684. The Balaban J connectivity index is 2.03. The molecule has 0 bridgehead atoms. The standard InChI is InChI=1S/C21H32N4O3/c1-5-21(6-2)19(27)25(20(28)23-21)15-18(26)22-14-17(24(7-3)8-4)16-12-10-9-11-13-16/h9-13,17H,5-8,14-15H2,1-4H3,(H,22,26)(H,23,28). The summed E-state index contributed by atoms with van der Waals surface area (Å²) < 4.78 is 0. The number of urea groups is 1. The average Bonchev–Trinajstić information content (AvgIpc) is 2.96. The van der Waals surface area contributed by atoms with Gasteiger partial charge in [0, 0.05) is 6.54 Å². The molecule has 154 valence electrons. The minimum absolute atomic E-state index is 0.0358. The van der Waals surface area contributed by atoms with Crippen LogP contribution in [0, 0.1) is 0 Å². The third-order valence-corrected chi connectivity index (χ3v) is 5.68. The van der Waals surface area contributed by atoms with E-state index in [-0.39, 0.29) is 24.4 Å². The minimum Gasteiger partial charge on any atom is -0.353 e. The molecule has 2 N–H and O–H groups in total. The number of hydrogen-bond acceptors (Lipinski definition) is 4. The summed E-state index contributed by atoms with van der Waals surface area (Å²) in [6.07, 6.45) is 1.01. The lowest BCUT2D eigenvalue weighted by atomic mass is 9.93. The number of benzene rings is 1. The monoisotopic (exact) mass is 388 g/mol. The van der Waals surface area contributed by atoms with Gasteiger partial charge >= 0.3 is 6.03 Å². The lowest BCUT2D eigenvalue weighted by Crippen LogP contribution is -2.47. The van der Waals surface area contributed by atoms with E-state index in [0.717, 1.165) is 23.6 Å². The summed E-state index contributed by atoms with van der Waals surface area (Å²) in [4.78, 5) is 40.7. The van der Waals surface area contributed by atoms with Gasteiger partial charge in [0.15, 0.2) is 0 Å². The number of likely N-dealkylation sites (N-methyl/N-ethyl adjacent to an activating group) is 1. The van der Waals surface area contributed by atoms with Crippen LogP contribution < -0.4 is 10.6 Å². The maximum Gasteiger partial charge on any atom is 0.325 e. The highest BCUT2D eigenvalue weighted by Gasteiger charge is 2.49. The van der Waals surface area contributed by atoms with Crippen LogP contribution in [0.2, 0.25) is 0 Å². The van der Waals surface area contributed by atoms with Crippen molar-refractivity contribution in [2.24, 2.45) is 0 Å². The first-order valence-electron chi connectivity index (χ1n) is 10.1. The van der Waals surface area contributed by atoms with Crippen LogP contribution in [0.3, 0.4) is 0 Å². The van der Waals surface area contributed by atoms with Gasteiger partial charge in [-0.15, -0.1) is 0 Å². The topological polar surface area (TPSA) is 81.8 Å². The van der Waals surface area contributed by atoms with Crippen molar-refractivity contribution >= 4 is 17.8 Å². The molecule has 1 aliphatic rings. The van der Waals surface area contributed by atoms with E-state index in [1.165, 1.54) is 0 Å². The van der Waals surface area contributed by atoms with Crippen molar-refractivity contribution in [3.63, 3.8) is 0 Å². The first-order chi connectivity index (χ1) is 13.4. The van der Waals surface area contributed by atoms with Crippen molar-refractivity contribution in [2.75, 3.05) is 26.2 Å². The Kier molecular flexibility index (Phi) is 7.57. The SMILES string of the molecule is CCN(CC)C(CNC(=O)CN1C(=O)NC(CC)(CC)C1=O)c1ccccc1. The highest BCUT2D eigenvalue weighted by Crippen LogP contribution is 2.24. The van der Waals surface area contributed by atoms with Gasteiger partial charge in [0.05, 0.1) is 6.04 Å². The number of carbonyl (C=O) groups excluding carboxylic acids is 3. The number of nitrogens with zero attached hydrogens (tertiary/aromatic N) is 2. The minimum atomic E-state index is -0.884. The molecule has 0 spiro atoms. The third-order valence-electron chi connectivity index (χ3n) is 5.68. The molecule has 28 heavy (non-hydrogen) atoms. The van der Waals surface area contributed by atoms with Gasteiger partial charge in [-0.2, -0.15) is 0 Å². The van der Waals surface area contributed by atoms with E-state index in [1.54, 1.807) is 0 Å². The fourth-order valence-corrected chi connectivity index (χ4v) is 3.76. The number of imide groups is 1. The second-order valence-electron chi connectivity index (χ2n) is 7.06. The van der Waals surface area contributed by atoms with Gasteiger partial charge in [0.1, 0.15) is 12.1 Å². The molecular weight excluding hydrogens is 356 g/mol. The van der Waals surface area contributed by atoms with E-state index >= 15 is 0 Å². The van der Waals surface area contributed by atoms with E-state index in [2.05, 4.69) is 29.4 Å². The van der Waals surface area contributed by atoms with Gasteiger partial charge in [-0.1, -0.05) is 58.0 Å². The highest BCUT2D eigenvalue weighted by molar-refractivity contribution is 6.08. The van der Waals surface area contributed by atoms with Crippen molar-refractivity contribution in [2.45, 2.75) is 52.1 Å². The van der Waals surface area contributed by atoms with Gasteiger partial charge < -0.3 is 10.6 Å². The van der Waals surface area contributed by atoms with Crippen LogP contribution in [0.15, 0.2) is 30.3 Å². The third kappa shape index (κ3) is 4.52. The van der Waals surface area contributed by atoms with Crippen molar-refractivity contribution in [3.05, 3.63) is 35.9 Å². The summed E-state index contributed by atoms with van der Waals surface area (Å²) in [5.41, 5.74) is 0.239. The zero-order chi connectivity index (χ0) is 20.7. The first kappa shape index (κ1) is 21.9. The zero-order valence-electron chi connectivity index (χ0n) is 17.3. The Labute approximate surface area is 167 Å². The Morgan fingerprint density at radius 1 is 1.11 bits per heavy atom. The summed E-state index contributed by atoms with van der Waals surface area (Å²) in [7, 11) is 0. The molecule has 0 radical (unpaired) electrons. The molecule has 1 aromatic carbocycles. The molecule has 4 amide bonds. The predicted molar refractivity (Wildman–Crippen MR) is 109 cm³/mol. The van der Waals surface area contributed by atoms with Crippen LogP contribution in [0.1, 0.15) is 52.1 Å². The Morgan fingerprint density at radius 3 is 2.21 bits per heavy atom. The maximum atomic E-state index is 12.7. The van der Waals surface area contributed by atoms with Crippen LogP contribution in [0.5, 0.6) is 0 Å². The Hall–Kier alpha value is -2.41. The largest absolute Gasteiger partial charge is 0.353 e.